The lowest BCUT2D eigenvalue weighted by molar-refractivity contribution is -0.140. The van der Waals surface area contributed by atoms with Gasteiger partial charge in [0.05, 0.1) is 45.7 Å². The monoisotopic (exact) mass is 510 g/mol. The summed E-state index contributed by atoms with van der Waals surface area (Å²) in [6.07, 6.45) is 0.691. The van der Waals surface area contributed by atoms with Crippen LogP contribution in [0.3, 0.4) is 0 Å². The first kappa shape index (κ1) is 26.5. The molecule has 2 aromatic rings. The Morgan fingerprint density at radius 3 is 2.35 bits per heavy atom. The Balaban J connectivity index is 1.70. The van der Waals surface area contributed by atoms with Crippen molar-refractivity contribution in [2.75, 3.05) is 60.2 Å². The number of nitrogens with zero attached hydrogens (tertiary/aromatic N) is 2. The Morgan fingerprint density at radius 2 is 1.70 bits per heavy atom. The molecule has 2 aliphatic rings. The van der Waals surface area contributed by atoms with Crippen LogP contribution in [0.5, 0.6) is 17.2 Å². The molecule has 198 valence electrons. The van der Waals surface area contributed by atoms with Crippen LogP contribution in [0, 0.1) is 0 Å². The highest BCUT2D eigenvalue weighted by atomic mass is 16.5. The zero-order valence-electron chi connectivity index (χ0n) is 21.6. The van der Waals surface area contributed by atoms with E-state index >= 15 is 0 Å². The average molecular weight is 511 g/mol. The first-order valence-corrected chi connectivity index (χ1v) is 12.5. The van der Waals surface area contributed by atoms with Gasteiger partial charge >= 0.3 is 0 Å². The number of aliphatic hydroxyl groups excluding tert-OH is 1. The minimum Gasteiger partial charge on any atom is -0.507 e. The van der Waals surface area contributed by atoms with E-state index in [1.165, 1.54) is 14.2 Å². The molecule has 1 unspecified atom stereocenters. The first-order valence-electron chi connectivity index (χ1n) is 12.5. The van der Waals surface area contributed by atoms with Crippen molar-refractivity contribution in [1.82, 2.24) is 9.80 Å². The molecule has 9 heteroatoms. The van der Waals surface area contributed by atoms with Gasteiger partial charge in [-0.2, -0.15) is 0 Å². The molecule has 0 bridgehead atoms. The Hall–Kier alpha value is -3.56. The number of likely N-dealkylation sites (tertiary alicyclic amines) is 1. The maximum Gasteiger partial charge on any atom is 0.295 e. The number of carbonyl (C=O) groups is 2. The van der Waals surface area contributed by atoms with E-state index in [1.807, 2.05) is 31.2 Å². The fourth-order valence-electron chi connectivity index (χ4n) is 4.80. The molecule has 0 saturated carbocycles. The number of methoxy groups -OCH3 is 2. The van der Waals surface area contributed by atoms with Crippen LogP contribution in [-0.4, -0.2) is 86.8 Å². The molecule has 2 heterocycles. The van der Waals surface area contributed by atoms with Crippen LogP contribution in [-0.2, 0) is 14.3 Å². The van der Waals surface area contributed by atoms with Crippen LogP contribution in [0.2, 0.25) is 0 Å². The summed E-state index contributed by atoms with van der Waals surface area (Å²) in [5.74, 6) is -0.000656. The van der Waals surface area contributed by atoms with Gasteiger partial charge in [-0.25, -0.2) is 0 Å². The van der Waals surface area contributed by atoms with Crippen LogP contribution < -0.4 is 14.2 Å². The second kappa shape index (κ2) is 12.1. The Morgan fingerprint density at radius 1 is 1.00 bits per heavy atom. The van der Waals surface area contributed by atoms with Gasteiger partial charge in [-0.15, -0.1) is 0 Å². The number of ether oxygens (including phenoxy) is 4. The number of hydrogen-bond donors (Lipinski definition) is 1. The van der Waals surface area contributed by atoms with Crippen molar-refractivity contribution in [1.29, 1.82) is 0 Å². The van der Waals surface area contributed by atoms with Gasteiger partial charge in [0.15, 0.2) is 11.5 Å². The third-order valence-corrected chi connectivity index (χ3v) is 6.68. The number of amides is 1. The largest absolute Gasteiger partial charge is 0.507 e. The second-order valence-electron chi connectivity index (χ2n) is 8.87. The van der Waals surface area contributed by atoms with Crippen LogP contribution >= 0.6 is 0 Å². The average Bonchev–Trinajstić information content (AvgIpc) is 3.18. The quantitative estimate of drug-likeness (QED) is 0.296. The number of Topliss-reactive ketones (excluding diaryl/α,β-unsaturated/α-hetero) is 1. The molecule has 9 nitrogen and oxygen atoms in total. The van der Waals surface area contributed by atoms with E-state index in [0.29, 0.717) is 55.6 Å². The van der Waals surface area contributed by atoms with Crippen molar-refractivity contribution in [3.05, 3.63) is 59.2 Å². The van der Waals surface area contributed by atoms with Gasteiger partial charge in [0.2, 0.25) is 0 Å². The molecule has 2 saturated heterocycles. The van der Waals surface area contributed by atoms with E-state index in [4.69, 9.17) is 18.9 Å². The zero-order chi connectivity index (χ0) is 26.4. The number of morpholine rings is 1. The van der Waals surface area contributed by atoms with E-state index in [2.05, 4.69) is 4.90 Å². The smallest absolute Gasteiger partial charge is 0.295 e. The molecular formula is C28H34N2O7. The van der Waals surface area contributed by atoms with Gasteiger partial charge in [0.25, 0.3) is 11.7 Å². The van der Waals surface area contributed by atoms with E-state index < -0.39 is 17.7 Å². The standard InChI is InChI=1S/C28H34N2O7/c1-4-37-21-9-6-19(7-10-21)25-24(26(31)20-8-11-22(34-2)23(18-20)35-3)27(32)28(33)30(25)13-5-12-29-14-16-36-17-15-29/h6-11,18,25,31H,4-5,12-17H2,1-3H3/b26-24-. The number of rotatable bonds is 10. The summed E-state index contributed by atoms with van der Waals surface area (Å²) in [6, 6.07) is 11.4. The molecule has 1 amide bonds. The summed E-state index contributed by atoms with van der Waals surface area (Å²) in [7, 11) is 3.01. The fraction of sp³-hybridized carbons (Fsp3) is 0.429. The maximum atomic E-state index is 13.3. The van der Waals surface area contributed by atoms with E-state index in [0.717, 1.165) is 25.2 Å². The van der Waals surface area contributed by atoms with Crippen LogP contribution in [0.1, 0.15) is 30.5 Å². The van der Waals surface area contributed by atoms with Crippen molar-refractivity contribution in [2.45, 2.75) is 19.4 Å². The Bertz CT molecular complexity index is 1140. The van der Waals surface area contributed by atoms with Gasteiger partial charge < -0.3 is 29.0 Å². The molecule has 2 fully saturated rings. The molecule has 0 radical (unpaired) electrons. The molecule has 0 aromatic heterocycles. The molecule has 1 N–H and O–H groups in total. The highest BCUT2D eigenvalue weighted by Gasteiger charge is 2.45. The predicted octanol–water partition coefficient (Wildman–Crippen LogP) is 3.25. The lowest BCUT2D eigenvalue weighted by Crippen LogP contribution is -2.38. The minimum absolute atomic E-state index is 0.0488. The number of ketones is 1. The SMILES string of the molecule is CCOc1ccc(C2/C(=C(/O)c3ccc(OC)c(OC)c3)C(=O)C(=O)N2CCCN2CCOCC2)cc1. The van der Waals surface area contributed by atoms with Gasteiger partial charge in [-0.05, 0) is 49.2 Å². The summed E-state index contributed by atoms with van der Waals surface area (Å²) < 4.78 is 21.6. The molecule has 4 rings (SSSR count). The third kappa shape index (κ3) is 5.73. The normalized spacial score (nSPS) is 19.8. The first-order chi connectivity index (χ1) is 18.0. The van der Waals surface area contributed by atoms with Crippen molar-refractivity contribution in [2.24, 2.45) is 0 Å². The summed E-state index contributed by atoms with van der Waals surface area (Å²) in [6.45, 7) is 6.69. The van der Waals surface area contributed by atoms with Crippen molar-refractivity contribution in [3.8, 4) is 17.2 Å². The van der Waals surface area contributed by atoms with Gasteiger partial charge in [0, 0.05) is 31.7 Å². The molecule has 0 spiro atoms. The van der Waals surface area contributed by atoms with Crippen molar-refractivity contribution in [3.63, 3.8) is 0 Å². The van der Waals surface area contributed by atoms with E-state index in [1.54, 1.807) is 23.1 Å². The van der Waals surface area contributed by atoms with Crippen LogP contribution in [0.4, 0.5) is 0 Å². The van der Waals surface area contributed by atoms with E-state index in [9.17, 15) is 14.7 Å². The lowest BCUT2D eigenvalue weighted by atomic mass is 9.95. The highest BCUT2D eigenvalue weighted by Crippen LogP contribution is 2.41. The molecular weight excluding hydrogens is 476 g/mol. The minimum atomic E-state index is -0.728. The summed E-state index contributed by atoms with van der Waals surface area (Å²) in [4.78, 5) is 30.4. The maximum absolute atomic E-state index is 13.3. The van der Waals surface area contributed by atoms with E-state index in [-0.39, 0.29) is 11.3 Å². The number of hydrogen-bond acceptors (Lipinski definition) is 8. The second-order valence-corrected chi connectivity index (χ2v) is 8.87. The van der Waals surface area contributed by atoms with Gasteiger partial charge in [0.1, 0.15) is 11.5 Å². The fourth-order valence-corrected chi connectivity index (χ4v) is 4.80. The summed E-state index contributed by atoms with van der Waals surface area (Å²) in [5.41, 5.74) is 1.13. The molecule has 2 aliphatic heterocycles. The zero-order valence-corrected chi connectivity index (χ0v) is 21.6. The number of aliphatic hydroxyl groups is 1. The lowest BCUT2D eigenvalue weighted by Gasteiger charge is -2.29. The van der Waals surface area contributed by atoms with Gasteiger partial charge in [-0.1, -0.05) is 12.1 Å². The number of carbonyl (C=O) groups excluding carboxylic acids is 2. The Labute approximate surface area is 217 Å². The topological polar surface area (TPSA) is 97.8 Å². The summed E-state index contributed by atoms with van der Waals surface area (Å²) in [5, 5.41) is 11.3. The van der Waals surface area contributed by atoms with Crippen LogP contribution in [0.15, 0.2) is 48.0 Å². The molecule has 37 heavy (non-hydrogen) atoms. The van der Waals surface area contributed by atoms with Crippen LogP contribution in [0.25, 0.3) is 5.76 Å². The number of benzene rings is 2. The Kier molecular flexibility index (Phi) is 8.68. The molecule has 2 aromatic carbocycles. The van der Waals surface area contributed by atoms with Crippen molar-refractivity contribution < 1.29 is 33.6 Å². The van der Waals surface area contributed by atoms with Crippen molar-refractivity contribution >= 4 is 17.4 Å². The van der Waals surface area contributed by atoms with Gasteiger partial charge in [-0.3, -0.25) is 14.5 Å². The third-order valence-electron chi connectivity index (χ3n) is 6.68. The predicted molar refractivity (Wildman–Crippen MR) is 138 cm³/mol. The summed E-state index contributed by atoms with van der Waals surface area (Å²) >= 11 is 0. The molecule has 1 atom stereocenters. The molecule has 0 aliphatic carbocycles. The highest BCUT2D eigenvalue weighted by molar-refractivity contribution is 6.46.